The molecule has 0 radical (unpaired) electrons. The molecule has 4 rings (SSSR count). The number of carboxylic acid groups (broad SMARTS) is 1. The van der Waals surface area contributed by atoms with Crippen molar-refractivity contribution in [1.82, 2.24) is 15.1 Å². The Labute approximate surface area is 243 Å². The molecule has 2 aromatic rings. The minimum absolute atomic E-state index is 0.147. The van der Waals surface area contributed by atoms with Crippen molar-refractivity contribution in [2.75, 3.05) is 30.7 Å². The van der Waals surface area contributed by atoms with Gasteiger partial charge in [-0.25, -0.2) is 14.4 Å². The number of para-hydroxylation sites is 1. The highest BCUT2D eigenvalue weighted by molar-refractivity contribution is 5.91. The van der Waals surface area contributed by atoms with Crippen molar-refractivity contribution in [2.24, 2.45) is 0 Å². The van der Waals surface area contributed by atoms with Gasteiger partial charge in [0.1, 0.15) is 6.04 Å². The first-order valence-corrected chi connectivity index (χ1v) is 13.6. The van der Waals surface area contributed by atoms with Crippen LogP contribution in [0, 0.1) is 0 Å². The standard InChI is InChI=1S/C28H31F6N5O4/c1-2-18(16-13-19(27(29,30)31)22(35)20(14-16)28(32,33)34)23(24(40)41)37-25(42)38-10-8-17(9-11-38)39-12-7-15-5-3-4-6-21(15)36-26(39)43/h3-6,13-14,17-18,23H,2,7-12,35H2,1H3,(H,36,43)(H,37,42)(H,40,41). The number of nitrogens with zero attached hydrogens (tertiary/aromatic N) is 2. The number of carboxylic acids is 1. The molecular weight excluding hydrogens is 584 g/mol. The molecule has 15 heteroatoms. The second-order valence-corrected chi connectivity index (χ2v) is 10.6. The third-order valence-corrected chi connectivity index (χ3v) is 7.96. The monoisotopic (exact) mass is 615 g/mol. The fraction of sp³-hybridized carbons (Fsp3) is 0.464. The fourth-order valence-corrected chi connectivity index (χ4v) is 5.70. The highest BCUT2D eigenvalue weighted by Crippen LogP contribution is 2.44. The largest absolute Gasteiger partial charge is 0.480 e. The van der Waals surface area contributed by atoms with Gasteiger partial charge in [0, 0.05) is 37.3 Å². The van der Waals surface area contributed by atoms with Gasteiger partial charge in [-0.1, -0.05) is 25.1 Å². The van der Waals surface area contributed by atoms with Gasteiger partial charge in [-0.05, 0) is 55.0 Å². The Morgan fingerprint density at radius 3 is 2.16 bits per heavy atom. The third-order valence-electron chi connectivity index (χ3n) is 7.96. The highest BCUT2D eigenvalue weighted by Gasteiger charge is 2.43. The van der Waals surface area contributed by atoms with E-state index in [4.69, 9.17) is 5.73 Å². The van der Waals surface area contributed by atoms with Crippen LogP contribution in [0.25, 0.3) is 0 Å². The molecule has 234 valence electrons. The van der Waals surface area contributed by atoms with Crippen molar-refractivity contribution in [3.05, 3.63) is 58.7 Å². The second kappa shape index (κ2) is 12.2. The van der Waals surface area contributed by atoms with Crippen LogP contribution >= 0.6 is 0 Å². The van der Waals surface area contributed by atoms with E-state index < -0.39 is 58.7 Å². The lowest BCUT2D eigenvalue weighted by Crippen LogP contribution is -2.55. The lowest BCUT2D eigenvalue weighted by Gasteiger charge is -2.38. The van der Waals surface area contributed by atoms with E-state index in [2.05, 4.69) is 10.6 Å². The quantitative estimate of drug-likeness (QED) is 0.252. The van der Waals surface area contributed by atoms with Crippen LogP contribution in [-0.4, -0.2) is 64.7 Å². The zero-order valence-corrected chi connectivity index (χ0v) is 23.1. The lowest BCUT2D eigenvalue weighted by atomic mass is 9.86. The lowest BCUT2D eigenvalue weighted by molar-refractivity contribution is -0.141. The molecule has 5 N–H and O–H groups in total. The van der Waals surface area contributed by atoms with E-state index in [0.29, 0.717) is 37.9 Å². The predicted octanol–water partition coefficient (Wildman–Crippen LogP) is 5.52. The first-order valence-electron chi connectivity index (χ1n) is 13.6. The normalized spacial score (nSPS) is 17.9. The molecule has 1 fully saturated rings. The van der Waals surface area contributed by atoms with Crippen LogP contribution < -0.4 is 16.4 Å². The number of benzene rings is 2. The van der Waals surface area contributed by atoms with E-state index in [1.54, 1.807) is 4.90 Å². The molecule has 2 unspecified atom stereocenters. The summed E-state index contributed by atoms with van der Waals surface area (Å²) >= 11 is 0. The van der Waals surface area contributed by atoms with Crippen molar-refractivity contribution < 1.29 is 45.8 Å². The fourth-order valence-electron chi connectivity index (χ4n) is 5.70. The van der Waals surface area contributed by atoms with E-state index in [-0.39, 0.29) is 31.6 Å². The number of piperidine rings is 1. The summed E-state index contributed by atoms with van der Waals surface area (Å²) in [7, 11) is 0. The summed E-state index contributed by atoms with van der Waals surface area (Å²) in [6.45, 7) is 2.14. The summed E-state index contributed by atoms with van der Waals surface area (Å²) in [6, 6.07) is 5.08. The molecule has 2 aliphatic heterocycles. The number of carbonyl (C=O) groups is 3. The molecule has 9 nitrogen and oxygen atoms in total. The van der Waals surface area contributed by atoms with E-state index in [0.717, 1.165) is 11.3 Å². The Morgan fingerprint density at radius 1 is 1.05 bits per heavy atom. The van der Waals surface area contributed by atoms with Gasteiger partial charge in [0.25, 0.3) is 0 Å². The average molecular weight is 616 g/mol. The van der Waals surface area contributed by atoms with Crippen molar-refractivity contribution in [1.29, 1.82) is 0 Å². The van der Waals surface area contributed by atoms with Gasteiger partial charge in [0.05, 0.1) is 16.8 Å². The van der Waals surface area contributed by atoms with Crippen molar-refractivity contribution in [3.63, 3.8) is 0 Å². The Balaban J connectivity index is 1.48. The number of anilines is 2. The molecule has 0 spiro atoms. The third kappa shape index (κ3) is 6.91. The Bertz CT molecular complexity index is 1340. The Morgan fingerprint density at radius 2 is 1.63 bits per heavy atom. The van der Waals surface area contributed by atoms with Crippen LogP contribution in [0.15, 0.2) is 36.4 Å². The molecule has 4 amide bonds. The maximum Gasteiger partial charge on any atom is 0.418 e. The molecule has 0 aromatic heterocycles. The van der Waals surface area contributed by atoms with Crippen molar-refractivity contribution >= 4 is 29.4 Å². The Hall–Kier alpha value is -4.17. The predicted molar refractivity (Wildman–Crippen MR) is 144 cm³/mol. The smallest absolute Gasteiger partial charge is 0.418 e. The van der Waals surface area contributed by atoms with Crippen molar-refractivity contribution in [2.45, 2.75) is 63.0 Å². The number of hydrogen-bond donors (Lipinski definition) is 4. The number of hydrogen-bond acceptors (Lipinski definition) is 4. The molecule has 2 atom stereocenters. The summed E-state index contributed by atoms with van der Waals surface area (Å²) < 4.78 is 81.5. The zero-order valence-electron chi connectivity index (χ0n) is 23.1. The highest BCUT2D eigenvalue weighted by atomic mass is 19.4. The number of fused-ring (bicyclic) bond motifs is 1. The van der Waals surface area contributed by atoms with Gasteiger partial charge in [-0.3, -0.25) is 0 Å². The zero-order chi connectivity index (χ0) is 31.7. The van der Waals surface area contributed by atoms with Crippen LogP contribution in [0.3, 0.4) is 0 Å². The van der Waals surface area contributed by atoms with Gasteiger partial charge in [0.2, 0.25) is 0 Å². The number of nitrogens with two attached hydrogens (primary N) is 1. The summed E-state index contributed by atoms with van der Waals surface area (Å²) in [5.41, 5.74) is 1.37. The van der Waals surface area contributed by atoms with Gasteiger partial charge >= 0.3 is 30.4 Å². The topological polar surface area (TPSA) is 128 Å². The first kappa shape index (κ1) is 31.8. The number of likely N-dealkylation sites (tertiary alicyclic amines) is 1. The van der Waals surface area contributed by atoms with Crippen LogP contribution in [0.1, 0.15) is 54.4 Å². The van der Waals surface area contributed by atoms with E-state index in [1.807, 2.05) is 24.3 Å². The second-order valence-electron chi connectivity index (χ2n) is 10.6. The average Bonchev–Trinajstić information content (AvgIpc) is 3.10. The van der Waals surface area contributed by atoms with Gasteiger partial charge in [-0.2, -0.15) is 26.3 Å². The molecule has 1 saturated heterocycles. The summed E-state index contributed by atoms with van der Waals surface area (Å²) in [5, 5.41) is 15.1. The minimum atomic E-state index is -5.24. The van der Waals surface area contributed by atoms with Crippen LogP contribution in [-0.2, 0) is 23.6 Å². The van der Waals surface area contributed by atoms with Crippen LogP contribution in [0.2, 0.25) is 0 Å². The number of nitrogens with one attached hydrogen (secondary N) is 2. The van der Waals surface area contributed by atoms with Gasteiger partial charge in [-0.15, -0.1) is 0 Å². The maximum absolute atomic E-state index is 13.6. The number of halogens is 6. The molecule has 0 aliphatic carbocycles. The molecule has 0 saturated carbocycles. The van der Waals surface area contributed by atoms with Gasteiger partial charge in [0.15, 0.2) is 0 Å². The molecular formula is C28H31F6N5O4. The number of carbonyl (C=O) groups excluding carboxylic acids is 2. The van der Waals surface area contributed by atoms with E-state index >= 15 is 0 Å². The number of urea groups is 2. The maximum atomic E-state index is 13.6. The number of aliphatic carboxylic acids is 1. The summed E-state index contributed by atoms with van der Waals surface area (Å²) in [6.07, 6.45) is -9.28. The minimum Gasteiger partial charge on any atom is -0.480 e. The number of alkyl halides is 6. The molecule has 0 bridgehead atoms. The number of rotatable bonds is 6. The van der Waals surface area contributed by atoms with Gasteiger partial charge < -0.3 is 31.3 Å². The number of amides is 4. The summed E-state index contributed by atoms with van der Waals surface area (Å²) in [4.78, 5) is 41.2. The first-order chi connectivity index (χ1) is 20.1. The molecule has 2 aromatic carbocycles. The van der Waals surface area contributed by atoms with Crippen LogP contribution in [0.5, 0.6) is 0 Å². The molecule has 2 heterocycles. The summed E-state index contributed by atoms with van der Waals surface area (Å²) in [5.74, 6) is -3.07. The number of nitrogen functional groups attached to an aromatic ring is 1. The van der Waals surface area contributed by atoms with Crippen LogP contribution in [0.4, 0.5) is 47.3 Å². The Kier molecular flexibility index (Phi) is 9.02. The SMILES string of the molecule is CCC(c1cc(C(F)(F)F)c(N)c(C(F)(F)F)c1)C(NC(=O)N1CCC(N2CCc3ccccc3NC2=O)CC1)C(=O)O. The van der Waals surface area contributed by atoms with Crippen molar-refractivity contribution in [3.8, 4) is 0 Å². The van der Waals surface area contributed by atoms with E-state index in [1.165, 1.54) is 11.8 Å². The molecule has 43 heavy (non-hydrogen) atoms. The molecule has 2 aliphatic rings. The van der Waals surface area contributed by atoms with E-state index in [9.17, 15) is 45.8 Å².